The predicted octanol–water partition coefficient (Wildman–Crippen LogP) is 0.885. The Hall–Kier alpha value is -1.36. The van der Waals surface area contributed by atoms with Gasteiger partial charge in [-0.25, -0.2) is 0 Å². The third-order valence-corrected chi connectivity index (χ3v) is 3.00. The second kappa shape index (κ2) is 6.39. The molecule has 0 bridgehead atoms. The number of hydrogen-bond donors (Lipinski definition) is 2. The van der Waals surface area contributed by atoms with E-state index in [0.29, 0.717) is 18.9 Å². The molecule has 1 unspecified atom stereocenters. The van der Waals surface area contributed by atoms with Crippen molar-refractivity contribution in [2.24, 2.45) is 5.92 Å². The van der Waals surface area contributed by atoms with Crippen LogP contribution in [-0.4, -0.2) is 35.9 Å². The summed E-state index contributed by atoms with van der Waals surface area (Å²) in [6.45, 7) is 2.24. The molecule has 2 heterocycles. The monoisotopic (exact) mass is 237 g/mol. The van der Waals surface area contributed by atoms with Crippen molar-refractivity contribution in [1.82, 2.24) is 15.5 Å². The third-order valence-electron chi connectivity index (χ3n) is 3.00. The Balaban J connectivity index is 1.60. The van der Waals surface area contributed by atoms with Crippen molar-refractivity contribution < 1.29 is 9.53 Å². The first kappa shape index (κ1) is 12.1. The van der Waals surface area contributed by atoms with Crippen molar-refractivity contribution in [3.05, 3.63) is 18.0 Å². The van der Waals surface area contributed by atoms with Gasteiger partial charge in [0.05, 0.1) is 0 Å². The lowest BCUT2D eigenvalue weighted by Crippen LogP contribution is -2.30. The fourth-order valence-corrected chi connectivity index (χ4v) is 2.06. The van der Waals surface area contributed by atoms with Crippen LogP contribution < -0.4 is 5.32 Å². The zero-order valence-electron chi connectivity index (χ0n) is 9.95. The van der Waals surface area contributed by atoms with Crippen LogP contribution in [0.2, 0.25) is 0 Å². The summed E-state index contributed by atoms with van der Waals surface area (Å²) in [7, 11) is 0. The summed E-state index contributed by atoms with van der Waals surface area (Å²) in [6.07, 6.45) is 5.28. The summed E-state index contributed by atoms with van der Waals surface area (Å²) in [5.41, 5.74) is 1.05. The van der Waals surface area contributed by atoms with Crippen LogP contribution in [0.5, 0.6) is 0 Å². The van der Waals surface area contributed by atoms with E-state index in [1.807, 2.05) is 6.07 Å². The summed E-state index contributed by atoms with van der Waals surface area (Å²) in [6, 6.07) is 1.92. The number of ether oxygens (including phenoxy) is 1. The fourth-order valence-electron chi connectivity index (χ4n) is 2.06. The molecule has 2 rings (SSSR count). The van der Waals surface area contributed by atoms with Crippen LogP contribution in [-0.2, 0) is 16.0 Å². The molecule has 2 N–H and O–H groups in total. The number of carbonyl (C=O) groups is 1. The van der Waals surface area contributed by atoms with Gasteiger partial charge in [-0.3, -0.25) is 9.89 Å². The highest BCUT2D eigenvalue weighted by Crippen LogP contribution is 2.16. The summed E-state index contributed by atoms with van der Waals surface area (Å²) >= 11 is 0. The van der Waals surface area contributed by atoms with Crippen LogP contribution in [0.3, 0.4) is 0 Å². The lowest BCUT2D eigenvalue weighted by Gasteiger charge is -2.21. The normalized spacial score (nSPS) is 20.1. The minimum Gasteiger partial charge on any atom is -0.381 e. The van der Waals surface area contributed by atoms with Crippen LogP contribution in [0.1, 0.15) is 25.0 Å². The van der Waals surface area contributed by atoms with Gasteiger partial charge in [-0.05, 0) is 24.8 Å². The molecule has 1 amide bonds. The van der Waals surface area contributed by atoms with Gasteiger partial charge in [-0.15, -0.1) is 0 Å². The van der Waals surface area contributed by atoms with Crippen molar-refractivity contribution in [2.45, 2.75) is 25.7 Å². The van der Waals surface area contributed by atoms with E-state index in [1.54, 1.807) is 6.20 Å². The number of nitrogens with one attached hydrogen (secondary N) is 2. The Morgan fingerprint density at radius 3 is 3.29 bits per heavy atom. The largest absolute Gasteiger partial charge is 0.381 e. The van der Waals surface area contributed by atoms with E-state index in [4.69, 9.17) is 4.74 Å². The van der Waals surface area contributed by atoms with Crippen molar-refractivity contribution in [1.29, 1.82) is 0 Å². The average molecular weight is 237 g/mol. The second-order valence-electron chi connectivity index (χ2n) is 4.47. The summed E-state index contributed by atoms with van der Waals surface area (Å²) in [4.78, 5) is 11.6. The number of aromatic amines is 1. The smallest absolute Gasteiger partial charge is 0.220 e. The highest BCUT2D eigenvalue weighted by atomic mass is 16.5. The SMILES string of the molecule is O=C(CC1CCCOC1)NCCc1ccn[nH]1. The molecular weight excluding hydrogens is 218 g/mol. The molecule has 94 valence electrons. The van der Waals surface area contributed by atoms with E-state index in [9.17, 15) is 4.79 Å². The van der Waals surface area contributed by atoms with Gasteiger partial charge in [0.2, 0.25) is 5.91 Å². The number of rotatable bonds is 5. The number of H-pyrrole nitrogens is 1. The van der Waals surface area contributed by atoms with E-state index in [0.717, 1.165) is 38.2 Å². The van der Waals surface area contributed by atoms with Gasteiger partial charge in [-0.2, -0.15) is 5.10 Å². The Bertz CT molecular complexity index is 332. The molecule has 0 aliphatic carbocycles. The quantitative estimate of drug-likeness (QED) is 0.799. The standard InChI is InChI=1S/C12H19N3O2/c16-12(8-10-2-1-7-17-9-10)13-5-3-11-4-6-14-15-11/h4,6,10H,1-3,5,7-9H2,(H,13,16)(H,14,15). The molecule has 1 atom stereocenters. The van der Waals surface area contributed by atoms with E-state index >= 15 is 0 Å². The molecule has 1 aromatic rings. The molecule has 0 spiro atoms. The molecule has 5 heteroatoms. The second-order valence-corrected chi connectivity index (χ2v) is 4.47. The van der Waals surface area contributed by atoms with Crippen LogP contribution in [0.15, 0.2) is 12.3 Å². The third kappa shape index (κ3) is 4.19. The van der Waals surface area contributed by atoms with Crippen LogP contribution >= 0.6 is 0 Å². The number of amides is 1. The first-order valence-corrected chi connectivity index (χ1v) is 6.17. The van der Waals surface area contributed by atoms with Crippen molar-refractivity contribution >= 4 is 5.91 Å². The van der Waals surface area contributed by atoms with Crippen LogP contribution in [0, 0.1) is 5.92 Å². The maximum Gasteiger partial charge on any atom is 0.220 e. The Labute approximate surface area is 101 Å². The van der Waals surface area contributed by atoms with Gasteiger partial charge in [0.1, 0.15) is 0 Å². The van der Waals surface area contributed by atoms with Crippen LogP contribution in [0.4, 0.5) is 0 Å². The number of carbonyl (C=O) groups excluding carboxylic acids is 1. The minimum absolute atomic E-state index is 0.125. The fraction of sp³-hybridized carbons (Fsp3) is 0.667. The van der Waals surface area contributed by atoms with Crippen molar-refractivity contribution in [3.63, 3.8) is 0 Å². The molecule has 1 aliphatic heterocycles. The van der Waals surface area contributed by atoms with Crippen molar-refractivity contribution in [3.8, 4) is 0 Å². The summed E-state index contributed by atoms with van der Waals surface area (Å²) in [5, 5.41) is 9.66. The van der Waals surface area contributed by atoms with E-state index in [-0.39, 0.29) is 5.91 Å². The van der Waals surface area contributed by atoms with Crippen LogP contribution in [0.25, 0.3) is 0 Å². The van der Waals surface area contributed by atoms with E-state index in [2.05, 4.69) is 15.5 Å². The average Bonchev–Trinajstić information content (AvgIpc) is 2.83. The molecule has 1 aliphatic rings. The molecule has 17 heavy (non-hydrogen) atoms. The van der Waals surface area contributed by atoms with Gasteiger partial charge in [0.15, 0.2) is 0 Å². The minimum atomic E-state index is 0.125. The highest BCUT2D eigenvalue weighted by Gasteiger charge is 2.17. The highest BCUT2D eigenvalue weighted by molar-refractivity contribution is 5.76. The van der Waals surface area contributed by atoms with Gasteiger partial charge in [0.25, 0.3) is 0 Å². The Morgan fingerprint density at radius 1 is 1.65 bits per heavy atom. The summed E-state index contributed by atoms with van der Waals surface area (Å²) < 4.78 is 5.35. The number of nitrogens with zero attached hydrogens (tertiary/aromatic N) is 1. The van der Waals surface area contributed by atoms with Gasteiger partial charge in [0, 0.05) is 44.5 Å². The number of hydrogen-bond acceptors (Lipinski definition) is 3. The maximum atomic E-state index is 11.6. The molecule has 5 nitrogen and oxygen atoms in total. The lowest BCUT2D eigenvalue weighted by atomic mass is 9.98. The molecule has 0 aromatic carbocycles. The zero-order valence-corrected chi connectivity index (χ0v) is 9.95. The molecule has 0 radical (unpaired) electrons. The first-order valence-electron chi connectivity index (χ1n) is 6.17. The molecule has 1 aromatic heterocycles. The lowest BCUT2D eigenvalue weighted by molar-refractivity contribution is -0.123. The topological polar surface area (TPSA) is 67.0 Å². The zero-order chi connectivity index (χ0) is 11.9. The maximum absolute atomic E-state index is 11.6. The van der Waals surface area contributed by atoms with Gasteiger partial charge >= 0.3 is 0 Å². The predicted molar refractivity (Wildman–Crippen MR) is 63.5 cm³/mol. The summed E-state index contributed by atoms with van der Waals surface area (Å²) in [5.74, 6) is 0.524. The van der Waals surface area contributed by atoms with Gasteiger partial charge in [-0.1, -0.05) is 0 Å². The first-order chi connectivity index (χ1) is 8.34. The number of aromatic nitrogens is 2. The van der Waals surface area contributed by atoms with E-state index < -0.39 is 0 Å². The Morgan fingerprint density at radius 2 is 2.59 bits per heavy atom. The molecular formula is C12H19N3O2. The molecule has 1 saturated heterocycles. The van der Waals surface area contributed by atoms with Crippen molar-refractivity contribution in [2.75, 3.05) is 19.8 Å². The Kier molecular flexibility index (Phi) is 4.55. The van der Waals surface area contributed by atoms with Gasteiger partial charge < -0.3 is 10.1 Å². The molecule has 1 fully saturated rings. The van der Waals surface area contributed by atoms with E-state index in [1.165, 1.54) is 0 Å². The molecule has 0 saturated carbocycles.